The molecule has 2 aliphatic rings. The molecule has 0 amide bonds. The van der Waals surface area contributed by atoms with E-state index in [9.17, 15) is 0 Å². The van der Waals surface area contributed by atoms with E-state index >= 15 is 0 Å². The number of fused-ring (bicyclic) bond motifs is 1. The number of hydrogen-bond donors (Lipinski definition) is 2. The predicted molar refractivity (Wildman–Crippen MR) is 117 cm³/mol. The lowest BCUT2D eigenvalue weighted by Gasteiger charge is -2.43. The van der Waals surface area contributed by atoms with Gasteiger partial charge >= 0.3 is 0 Å². The van der Waals surface area contributed by atoms with Crippen LogP contribution in [0.3, 0.4) is 0 Å². The standard InChI is InChI=1S/C25H33N3O/c1-16-12-19-20(24(4,5)9-8-23(19,2)3)14-18(16)25(10-11-25)21-7-6-17(15-28-21)13-22(26)29-27/h6-7,12,14-15,26H,8-11,13,27H2,1-5H3. The number of rotatable bonds is 4. The minimum Gasteiger partial charge on any atom is -0.396 e. The Morgan fingerprint density at radius 3 is 2.14 bits per heavy atom. The third-order valence-electron chi connectivity index (χ3n) is 7.29. The van der Waals surface area contributed by atoms with E-state index in [-0.39, 0.29) is 22.1 Å². The molecule has 1 heterocycles. The highest BCUT2D eigenvalue weighted by Gasteiger charge is 2.49. The molecular weight excluding hydrogens is 358 g/mol. The number of pyridine rings is 1. The molecule has 0 bridgehead atoms. The van der Waals surface area contributed by atoms with Gasteiger partial charge in [0.2, 0.25) is 5.90 Å². The molecule has 3 N–H and O–H groups in total. The smallest absolute Gasteiger partial charge is 0.210 e. The second-order valence-electron chi connectivity index (χ2n) is 10.3. The fourth-order valence-corrected chi connectivity index (χ4v) is 5.07. The molecule has 1 fully saturated rings. The Morgan fingerprint density at radius 2 is 1.62 bits per heavy atom. The average Bonchev–Trinajstić information content (AvgIpc) is 3.47. The molecule has 2 aromatic rings. The van der Waals surface area contributed by atoms with Crippen molar-refractivity contribution in [3.63, 3.8) is 0 Å². The number of aromatic nitrogens is 1. The molecule has 4 heteroatoms. The topological polar surface area (TPSA) is 72.0 Å². The van der Waals surface area contributed by atoms with Crippen LogP contribution in [0.1, 0.15) is 86.9 Å². The Kier molecular flexibility index (Phi) is 4.62. The first-order valence-corrected chi connectivity index (χ1v) is 10.6. The summed E-state index contributed by atoms with van der Waals surface area (Å²) >= 11 is 0. The van der Waals surface area contributed by atoms with E-state index in [4.69, 9.17) is 16.3 Å². The van der Waals surface area contributed by atoms with Crippen molar-refractivity contribution < 1.29 is 4.84 Å². The first-order chi connectivity index (χ1) is 13.6. The quantitative estimate of drug-likeness (QED) is 0.426. The van der Waals surface area contributed by atoms with Crippen LogP contribution >= 0.6 is 0 Å². The van der Waals surface area contributed by atoms with Gasteiger partial charge in [-0.15, -0.1) is 0 Å². The summed E-state index contributed by atoms with van der Waals surface area (Å²) in [5.41, 5.74) is 8.44. The van der Waals surface area contributed by atoms with E-state index in [1.54, 1.807) is 0 Å². The Hall–Kier alpha value is -2.20. The summed E-state index contributed by atoms with van der Waals surface area (Å²) in [5.74, 6) is 5.13. The van der Waals surface area contributed by atoms with Crippen LogP contribution in [-0.2, 0) is 27.5 Å². The Morgan fingerprint density at radius 1 is 1.00 bits per heavy atom. The Labute approximate surface area is 174 Å². The lowest BCUT2D eigenvalue weighted by Crippen LogP contribution is -2.34. The summed E-state index contributed by atoms with van der Waals surface area (Å²) in [5, 5.41) is 7.61. The van der Waals surface area contributed by atoms with Gasteiger partial charge in [-0.2, -0.15) is 5.90 Å². The molecule has 0 spiro atoms. The number of nitrogens with zero attached hydrogens (tertiary/aromatic N) is 1. The molecule has 0 atom stereocenters. The molecular formula is C25H33N3O. The monoisotopic (exact) mass is 391 g/mol. The van der Waals surface area contributed by atoms with Gasteiger partial charge in [-0.05, 0) is 77.3 Å². The zero-order chi connectivity index (χ0) is 21.0. The Balaban J connectivity index is 1.74. The summed E-state index contributed by atoms with van der Waals surface area (Å²) in [6, 6.07) is 9.14. The van der Waals surface area contributed by atoms with Crippen molar-refractivity contribution in [1.82, 2.24) is 4.98 Å². The lowest BCUT2D eigenvalue weighted by molar-refractivity contribution is 0.310. The molecule has 1 aromatic heterocycles. The van der Waals surface area contributed by atoms with Gasteiger partial charge in [-0.1, -0.05) is 45.9 Å². The molecule has 4 rings (SSSR count). The van der Waals surface area contributed by atoms with E-state index in [2.05, 4.69) is 63.7 Å². The number of nitrogens with one attached hydrogen (secondary N) is 1. The first kappa shape index (κ1) is 20.1. The van der Waals surface area contributed by atoms with Gasteiger partial charge in [0.25, 0.3) is 0 Å². The maximum Gasteiger partial charge on any atom is 0.210 e. The molecule has 0 unspecified atom stereocenters. The van der Waals surface area contributed by atoms with E-state index in [1.807, 2.05) is 6.20 Å². The number of benzene rings is 1. The second kappa shape index (κ2) is 6.66. The first-order valence-electron chi connectivity index (χ1n) is 10.6. The highest BCUT2D eigenvalue weighted by atomic mass is 16.6. The fraction of sp³-hybridized carbons (Fsp3) is 0.520. The van der Waals surface area contributed by atoms with Gasteiger partial charge in [-0.3, -0.25) is 10.4 Å². The fourth-order valence-electron chi connectivity index (χ4n) is 5.07. The predicted octanol–water partition coefficient (Wildman–Crippen LogP) is 5.23. The summed E-state index contributed by atoms with van der Waals surface area (Å²) in [6.45, 7) is 11.8. The van der Waals surface area contributed by atoms with Crippen molar-refractivity contribution in [2.75, 3.05) is 0 Å². The van der Waals surface area contributed by atoms with Gasteiger partial charge in [0.1, 0.15) is 0 Å². The number of hydrogen-bond acceptors (Lipinski definition) is 4. The molecule has 0 saturated heterocycles. The molecule has 1 saturated carbocycles. The van der Waals surface area contributed by atoms with Crippen LogP contribution in [0.5, 0.6) is 0 Å². The van der Waals surface area contributed by atoms with Crippen molar-refractivity contribution in [3.8, 4) is 0 Å². The van der Waals surface area contributed by atoms with Gasteiger partial charge < -0.3 is 4.84 Å². The van der Waals surface area contributed by atoms with E-state index in [0.29, 0.717) is 6.42 Å². The van der Waals surface area contributed by atoms with Gasteiger partial charge in [0.05, 0.1) is 12.1 Å². The molecule has 4 nitrogen and oxygen atoms in total. The third kappa shape index (κ3) is 3.38. The summed E-state index contributed by atoms with van der Waals surface area (Å²) < 4.78 is 0. The minimum absolute atomic E-state index is 0.0349. The Bertz CT molecular complexity index is 953. The number of nitrogens with two attached hydrogens (primary N) is 1. The van der Waals surface area contributed by atoms with E-state index in [1.165, 1.54) is 35.1 Å². The van der Waals surface area contributed by atoms with Gasteiger partial charge in [-0.25, -0.2) is 0 Å². The zero-order valence-corrected chi connectivity index (χ0v) is 18.4. The summed E-state index contributed by atoms with van der Waals surface area (Å²) in [4.78, 5) is 9.30. The van der Waals surface area contributed by atoms with Crippen molar-refractivity contribution >= 4 is 5.90 Å². The maximum atomic E-state index is 7.61. The minimum atomic E-state index is 0.0349. The SMILES string of the molecule is Cc1cc2c(cc1C1(c3ccc(CC(=N)ON)cn3)CC1)C(C)(C)CCC2(C)C. The van der Waals surface area contributed by atoms with Crippen LogP contribution in [0, 0.1) is 12.3 Å². The van der Waals surface area contributed by atoms with Crippen molar-refractivity contribution in [1.29, 1.82) is 5.41 Å². The molecule has 0 aliphatic heterocycles. The van der Waals surface area contributed by atoms with E-state index < -0.39 is 0 Å². The summed E-state index contributed by atoms with van der Waals surface area (Å²) in [7, 11) is 0. The molecule has 0 radical (unpaired) electrons. The molecule has 29 heavy (non-hydrogen) atoms. The highest BCUT2D eigenvalue weighted by molar-refractivity contribution is 5.75. The lowest BCUT2D eigenvalue weighted by atomic mass is 9.62. The third-order valence-corrected chi connectivity index (χ3v) is 7.29. The number of aryl methyl sites for hydroxylation is 1. The second-order valence-corrected chi connectivity index (χ2v) is 10.3. The molecule has 1 aromatic carbocycles. The van der Waals surface area contributed by atoms with Crippen LogP contribution in [0.2, 0.25) is 0 Å². The van der Waals surface area contributed by atoms with Crippen LogP contribution in [0.15, 0.2) is 30.5 Å². The zero-order valence-electron chi connectivity index (χ0n) is 18.4. The van der Waals surface area contributed by atoms with Crippen molar-refractivity contribution in [2.45, 2.75) is 83.0 Å². The highest BCUT2D eigenvalue weighted by Crippen LogP contribution is 2.56. The molecule has 154 valence electrons. The molecule has 2 aliphatic carbocycles. The van der Waals surface area contributed by atoms with Gasteiger partial charge in [0.15, 0.2) is 0 Å². The van der Waals surface area contributed by atoms with E-state index in [0.717, 1.165) is 24.1 Å². The van der Waals surface area contributed by atoms with Crippen LogP contribution < -0.4 is 5.90 Å². The normalized spacial score (nSPS) is 20.6. The summed E-state index contributed by atoms with van der Waals surface area (Å²) in [6.07, 6.45) is 6.99. The largest absolute Gasteiger partial charge is 0.396 e. The average molecular weight is 392 g/mol. The van der Waals surface area contributed by atoms with Crippen molar-refractivity contribution in [3.05, 3.63) is 64.0 Å². The maximum absolute atomic E-state index is 7.61. The van der Waals surface area contributed by atoms with Gasteiger partial charge in [0, 0.05) is 11.6 Å². The van der Waals surface area contributed by atoms with Crippen molar-refractivity contribution in [2.24, 2.45) is 5.90 Å². The van der Waals surface area contributed by atoms with Crippen LogP contribution in [-0.4, -0.2) is 10.9 Å². The van der Waals surface area contributed by atoms with Crippen LogP contribution in [0.4, 0.5) is 0 Å². The van der Waals surface area contributed by atoms with Crippen LogP contribution in [0.25, 0.3) is 0 Å².